The maximum absolute atomic E-state index is 6.69. The van der Waals surface area contributed by atoms with E-state index in [9.17, 15) is 0 Å². The number of benzene rings is 2. The van der Waals surface area contributed by atoms with E-state index in [4.69, 9.17) is 11.6 Å². The van der Waals surface area contributed by atoms with E-state index in [2.05, 4.69) is 76.9 Å². The minimum Gasteiger partial charge on any atom is -0.113 e. The van der Waals surface area contributed by atoms with E-state index in [1.807, 2.05) is 6.07 Å². The van der Waals surface area contributed by atoms with E-state index in [-0.39, 0.29) is 5.38 Å². The minimum absolute atomic E-state index is 0.138. The van der Waals surface area contributed by atoms with Crippen molar-refractivity contribution in [3.63, 3.8) is 0 Å². The van der Waals surface area contributed by atoms with Gasteiger partial charge in [0.15, 0.2) is 0 Å². The van der Waals surface area contributed by atoms with Crippen LogP contribution in [-0.4, -0.2) is 0 Å². The molecule has 100 valence electrons. The molecule has 0 aliphatic heterocycles. The Morgan fingerprint density at radius 2 is 1.58 bits per heavy atom. The van der Waals surface area contributed by atoms with Crippen molar-refractivity contribution in [3.05, 3.63) is 67.1 Å². The summed E-state index contributed by atoms with van der Waals surface area (Å²) in [5.41, 5.74) is 5.88. The zero-order valence-corrected chi connectivity index (χ0v) is 15.0. The van der Waals surface area contributed by atoms with Crippen LogP contribution in [0.4, 0.5) is 0 Å². The highest BCUT2D eigenvalue weighted by molar-refractivity contribution is 9.10. The molecule has 0 aliphatic carbocycles. The molecule has 0 heterocycles. The van der Waals surface area contributed by atoms with E-state index in [1.165, 1.54) is 16.7 Å². The molecule has 0 fully saturated rings. The van der Waals surface area contributed by atoms with Crippen molar-refractivity contribution in [1.29, 1.82) is 0 Å². The van der Waals surface area contributed by atoms with Crippen LogP contribution in [0.3, 0.4) is 0 Å². The van der Waals surface area contributed by atoms with Crippen LogP contribution < -0.4 is 0 Å². The minimum atomic E-state index is -0.138. The summed E-state index contributed by atoms with van der Waals surface area (Å²) in [4.78, 5) is 0. The van der Waals surface area contributed by atoms with Crippen LogP contribution in [0, 0.1) is 20.8 Å². The van der Waals surface area contributed by atoms with Crippen molar-refractivity contribution < 1.29 is 0 Å². The molecule has 3 heteroatoms. The van der Waals surface area contributed by atoms with Crippen LogP contribution in [0.15, 0.2) is 39.3 Å². The Bertz CT molecular complexity index is 620. The van der Waals surface area contributed by atoms with Gasteiger partial charge in [0.1, 0.15) is 0 Å². The third-order valence-corrected chi connectivity index (χ3v) is 5.72. The van der Waals surface area contributed by atoms with Gasteiger partial charge in [0.05, 0.1) is 5.38 Å². The Labute approximate surface area is 136 Å². The second-order valence-electron chi connectivity index (χ2n) is 4.80. The van der Waals surface area contributed by atoms with Crippen molar-refractivity contribution in [3.8, 4) is 0 Å². The van der Waals surface area contributed by atoms with Crippen LogP contribution in [0.2, 0.25) is 0 Å². The van der Waals surface area contributed by atoms with Gasteiger partial charge in [-0.15, -0.1) is 11.6 Å². The van der Waals surface area contributed by atoms with Gasteiger partial charge < -0.3 is 0 Å². The lowest BCUT2D eigenvalue weighted by molar-refractivity contribution is 1.08. The van der Waals surface area contributed by atoms with E-state index in [0.29, 0.717) is 0 Å². The monoisotopic (exact) mass is 400 g/mol. The smallest absolute Gasteiger partial charge is 0.0849 e. The molecule has 0 aliphatic rings. The molecule has 19 heavy (non-hydrogen) atoms. The Hall–Kier alpha value is -0.310. The predicted molar refractivity (Wildman–Crippen MR) is 90.2 cm³/mol. The molecule has 1 atom stereocenters. The SMILES string of the molecule is Cc1cc(C(Cl)c2cccc(C)c2Br)c(C)cc1Br. The molecule has 0 nitrogen and oxygen atoms in total. The molecule has 0 saturated carbocycles. The average Bonchev–Trinajstić information content (AvgIpc) is 2.36. The predicted octanol–water partition coefficient (Wildman–Crippen LogP) is 6.47. The Kier molecular flexibility index (Phi) is 4.75. The quantitative estimate of drug-likeness (QED) is 0.505. The fourth-order valence-electron chi connectivity index (χ4n) is 2.11. The number of hydrogen-bond donors (Lipinski definition) is 0. The summed E-state index contributed by atoms with van der Waals surface area (Å²) in [6.07, 6.45) is 0. The Morgan fingerprint density at radius 3 is 2.26 bits per heavy atom. The van der Waals surface area contributed by atoms with Gasteiger partial charge >= 0.3 is 0 Å². The Balaban J connectivity index is 2.53. The maximum atomic E-state index is 6.69. The van der Waals surface area contributed by atoms with E-state index in [1.54, 1.807) is 0 Å². The van der Waals surface area contributed by atoms with Crippen LogP contribution in [-0.2, 0) is 0 Å². The van der Waals surface area contributed by atoms with Crippen LogP contribution in [0.1, 0.15) is 33.2 Å². The molecule has 0 N–H and O–H groups in total. The van der Waals surface area contributed by atoms with Crippen molar-refractivity contribution in [2.75, 3.05) is 0 Å². The van der Waals surface area contributed by atoms with Crippen LogP contribution >= 0.6 is 43.5 Å². The third-order valence-electron chi connectivity index (χ3n) is 3.32. The summed E-state index contributed by atoms with van der Waals surface area (Å²) in [6, 6.07) is 10.5. The normalized spacial score (nSPS) is 12.5. The second kappa shape index (κ2) is 5.99. The van der Waals surface area contributed by atoms with Gasteiger partial charge in [0, 0.05) is 8.95 Å². The standard InChI is InChI=1S/C16H15Br2Cl/c1-9-5-4-6-12(15(9)18)16(19)13-7-11(3)14(17)8-10(13)2/h4-8,16H,1-3H3. The largest absolute Gasteiger partial charge is 0.113 e. The van der Waals surface area contributed by atoms with Gasteiger partial charge in [0.25, 0.3) is 0 Å². The molecule has 2 aromatic rings. The summed E-state index contributed by atoms with van der Waals surface area (Å²) in [6.45, 7) is 6.26. The van der Waals surface area contributed by atoms with Crippen molar-refractivity contribution in [2.45, 2.75) is 26.1 Å². The van der Waals surface area contributed by atoms with Gasteiger partial charge in [-0.25, -0.2) is 0 Å². The second-order valence-corrected chi connectivity index (χ2v) is 6.88. The fourth-order valence-corrected chi connectivity index (χ4v) is 3.61. The molecule has 0 radical (unpaired) electrons. The van der Waals surface area contributed by atoms with Gasteiger partial charge in [-0.3, -0.25) is 0 Å². The molecular weight excluding hydrogens is 387 g/mol. The van der Waals surface area contributed by atoms with E-state index in [0.717, 1.165) is 20.1 Å². The molecule has 0 aromatic heterocycles. The number of aryl methyl sites for hydroxylation is 3. The lowest BCUT2D eigenvalue weighted by atomic mass is 9.97. The van der Waals surface area contributed by atoms with Gasteiger partial charge in [0.2, 0.25) is 0 Å². The van der Waals surface area contributed by atoms with E-state index >= 15 is 0 Å². The lowest BCUT2D eigenvalue weighted by Gasteiger charge is -2.17. The van der Waals surface area contributed by atoms with Crippen LogP contribution in [0.5, 0.6) is 0 Å². The average molecular weight is 403 g/mol. The first-order valence-electron chi connectivity index (χ1n) is 6.07. The molecule has 0 amide bonds. The maximum Gasteiger partial charge on any atom is 0.0849 e. The fraction of sp³-hybridized carbons (Fsp3) is 0.250. The summed E-state index contributed by atoms with van der Waals surface area (Å²) in [5.74, 6) is 0. The molecule has 2 aromatic carbocycles. The van der Waals surface area contributed by atoms with Crippen molar-refractivity contribution in [2.24, 2.45) is 0 Å². The van der Waals surface area contributed by atoms with E-state index < -0.39 is 0 Å². The lowest BCUT2D eigenvalue weighted by Crippen LogP contribution is -1.99. The summed E-state index contributed by atoms with van der Waals surface area (Å²) in [5, 5.41) is -0.138. The first-order valence-corrected chi connectivity index (χ1v) is 8.09. The first kappa shape index (κ1) is 15.1. The molecule has 0 spiro atoms. The molecule has 0 saturated heterocycles. The van der Waals surface area contributed by atoms with Gasteiger partial charge in [-0.2, -0.15) is 0 Å². The topological polar surface area (TPSA) is 0 Å². The Morgan fingerprint density at radius 1 is 0.895 bits per heavy atom. The third kappa shape index (κ3) is 3.07. The van der Waals surface area contributed by atoms with Gasteiger partial charge in [-0.1, -0.05) is 56.1 Å². The number of hydrogen-bond acceptors (Lipinski definition) is 0. The highest BCUT2D eigenvalue weighted by atomic mass is 79.9. The molecule has 1 unspecified atom stereocenters. The first-order chi connectivity index (χ1) is 8.91. The van der Waals surface area contributed by atoms with Crippen molar-refractivity contribution in [1.82, 2.24) is 0 Å². The zero-order valence-electron chi connectivity index (χ0n) is 11.1. The number of halogens is 3. The molecular formula is C16H15Br2Cl. The summed E-state index contributed by atoms with van der Waals surface area (Å²) in [7, 11) is 0. The van der Waals surface area contributed by atoms with Gasteiger partial charge in [-0.05, 0) is 54.7 Å². The molecule has 2 rings (SSSR count). The summed E-state index contributed by atoms with van der Waals surface area (Å²) >= 11 is 13.9. The molecule has 0 bridgehead atoms. The number of rotatable bonds is 2. The van der Waals surface area contributed by atoms with Crippen molar-refractivity contribution >= 4 is 43.5 Å². The number of alkyl halides is 1. The highest BCUT2D eigenvalue weighted by Crippen LogP contribution is 2.38. The van der Waals surface area contributed by atoms with Crippen LogP contribution in [0.25, 0.3) is 0 Å². The highest BCUT2D eigenvalue weighted by Gasteiger charge is 2.17. The zero-order chi connectivity index (χ0) is 14.2. The summed E-state index contributed by atoms with van der Waals surface area (Å²) < 4.78 is 2.22.